The molecular weight excluding hydrogens is 649 g/mol. The highest BCUT2D eigenvalue weighted by atomic mass is 19.3. The number of hydrogen-bond acceptors (Lipinski definition) is 3. The van der Waals surface area contributed by atoms with Gasteiger partial charge in [-0.15, -0.1) is 0 Å². The van der Waals surface area contributed by atoms with Crippen LogP contribution in [0.5, 0.6) is 11.5 Å². The van der Waals surface area contributed by atoms with E-state index in [1.54, 1.807) is 12.3 Å². The summed E-state index contributed by atoms with van der Waals surface area (Å²) in [6.45, 7) is 0.573. The van der Waals surface area contributed by atoms with Crippen LogP contribution in [0, 0.1) is 34.9 Å². The van der Waals surface area contributed by atoms with Gasteiger partial charge in [0.1, 0.15) is 34.6 Å². The average Bonchev–Trinajstić information content (AvgIpc) is 3.02. The van der Waals surface area contributed by atoms with Crippen molar-refractivity contribution in [1.82, 2.24) is 4.98 Å². The molecule has 0 aliphatic carbocycles. The summed E-state index contributed by atoms with van der Waals surface area (Å²) < 4.78 is 139. The Kier molecular flexibility index (Phi) is 10.3. The Morgan fingerprint density at radius 3 is 1.77 bits per heavy atom. The molecule has 0 unspecified atom stereocenters. The quantitative estimate of drug-likeness (QED) is 0.0974. The van der Waals surface area contributed by atoms with Gasteiger partial charge in [-0.2, -0.15) is 8.78 Å². The smallest absolute Gasteiger partial charge is 0.432 e. The van der Waals surface area contributed by atoms with Gasteiger partial charge in [0.25, 0.3) is 0 Å². The summed E-state index contributed by atoms with van der Waals surface area (Å²) in [5, 5.41) is 0. The highest BCUT2D eigenvalue weighted by Crippen LogP contribution is 2.39. The minimum absolute atomic E-state index is 0.265. The molecule has 1 aromatic heterocycles. The van der Waals surface area contributed by atoms with Crippen LogP contribution in [0.25, 0.3) is 33.5 Å². The maximum Gasteiger partial charge on any atom is 0.432 e. The van der Waals surface area contributed by atoms with Crippen molar-refractivity contribution in [2.45, 2.75) is 38.7 Å². The first-order chi connectivity index (χ1) is 22.9. The maximum atomic E-state index is 15.1. The van der Waals surface area contributed by atoms with Gasteiger partial charge in [0.15, 0.2) is 17.4 Å². The van der Waals surface area contributed by atoms with Crippen LogP contribution in [0.15, 0.2) is 79.0 Å². The molecule has 0 spiro atoms. The van der Waals surface area contributed by atoms with Crippen LogP contribution in [0.2, 0.25) is 0 Å². The van der Waals surface area contributed by atoms with Gasteiger partial charge in [-0.3, -0.25) is 4.98 Å². The van der Waals surface area contributed by atoms with E-state index in [-0.39, 0.29) is 16.7 Å². The second-order valence-electron chi connectivity index (χ2n) is 10.8. The third-order valence-corrected chi connectivity index (χ3v) is 7.50. The lowest BCUT2D eigenvalue weighted by atomic mass is 9.99. The number of alkyl halides is 3. The molecule has 5 aromatic rings. The lowest BCUT2D eigenvalue weighted by Crippen LogP contribution is -2.25. The fourth-order valence-electron chi connectivity index (χ4n) is 5.14. The summed E-state index contributed by atoms with van der Waals surface area (Å²) in [7, 11) is 0. The minimum Gasteiger partial charge on any atom is -0.457 e. The van der Waals surface area contributed by atoms with Gasteiger partial charge < -0.3 is 9.47 Å². The first-order valence-corrected chi connectivity index (χ1v) is 14.7. The van der Waals surface area contributed by atoms with Crippen LogP contribution in [0.1, 0.15) is 37.3 Å². The number of rotatable bonds is 12. The molecule has 3 nitrogen and oxygen atoms in total. The molecule has 5 rings (SSSR count). The average molecular weight is 676 g/mol. The molecule has 4 aromatic carbocycles. The Morgan fingerprint density at radius 1 is 0.646 bits per heavy atom. The molecule has 0 aliphatic rings. The van der Waals surface area contributed by atoms with E-state index >= 15 is 22.0 Å². The number of pyridine rings is 1. The first kappa shape index (κ1) is 34.3. The lowest BCUT2D eigenvalue weighted by Gasteiger charge is -2.20. The second kappa shape index (κ2) is 14.4. The van der Waals surface area contributed by atoms with Crippen molar-refractivity contribution >= 4 is 0 Å². The number of hydrogen-bond donors (Lipinski definition) is 0. The van der Waals surface area contributed by atoms with Crippen molar-refractivity contribution in [2.75, 3.05) is 6.86 Å². The fraction of sp³-hybridized carbons (Fsp3) is 0.194. The zero-order chi connectivity index (χ0) is 34.6. The third-order valence-electron chi connectivity index (χ3n) is 7.50. The molecule has 0 aliphatic heterocycles. The van der Waals surface area contributed by atoms with Crippen molar-refractivity contribution in [2.24, 2.45) is 0 Å². The summed E-state index contributed by atoms with van der Waals surface area (Å²) >= 11 is 0. The summed E-state index contributed by atoms with van der Waals surface area (Å²) in [5.41, 5.74) is -1.40. The summed E-state index contributed by atoms with van der Waals surface area (Å²) in [4.78, 5) is 4.36. The zero-order valence-electron chi connectivity index (χ0n) is 25.2. The van der Waals surface area contributed by atoms with Crippen molar-refractivity contribution in [3.05, 3.63) is 125 Å². The molecule has 0 N–H and O–H groups in total. The third kappa shape index (κ3) is 7.42. The highest BCUT2D eigenvalue weighted by Gasteiger charge is 2.41. The standard InChI is InChI=1S/C36H26F9NO2/c1-2-3-4-5-20-6-11-33(46-18-20)21-7-9-25(27(38)12-21)22-13-29(40)34(30(41)14-22)36(44,45)48-24-8-10-26(28(39)17-24)23-15-31(42)35(47-19-37)32(43)16-23/h6-18H,2-5,19H2,1H3. The van der Waals surface area contributed by atoms with Crippen LogP contribution in [-0.4, -0.2) is 11.8 Å². The second-order valence-corrected chi connectivity index (χ2v) is 10.8. The topological polar surface area (TPSA) is 31.4 Å². The first-order valence-electron chi connectivity index (χ1n) is 14.7. The molecule has 0 amide bonds. The van der Waals surface area contributed by atoms with Gasteiger partial charge in [0.05, 0.1) is 5.69 Å². The maximum absolute atomic E-state index is 15.1. The van der Waals surface area contributed by atoms with E-state index in [9.17, 15) is 17.6 Å². The van der Waals surface area contributed by atoms with Crippen molar-refractivity contribution in [3.8, 4) is 45.0 Å². The summed E-state index contributed by atoms with van der Waals surface area (Å²) in [5.74, 6) is -10.3. The fourth-order valence-corrected chi connectivity index (χ4v) is 5.14. The number of nitrogens with zero attached hydrogens (tertiary/aromatic N) is 1. The largest absolute Gasteiger partial charge is 0.457 e. The highest BCUT2D eigenvalue weighted by molar-refractivity contribution is 5.70. The summed E-state index contributed by atoms with van der Waals surface area (Å²) in [6.07, 6.45) is 1.05. The number of benzene rings is 4. The van der Waals surface area contributed by atoms with E-state index < -0.39 is 70.5 Å². The SMILES string of the molecule is CCCCCc1ccc(-c2ccc(-c3cc(F)c(C(F)(F)Oc4ccc(-c5cc(F)c(OCF)c(F)c5)c(F)c4)c(F)c3)c(F)c2)nc1. The minimum atomic E-state index is -4.68. The Hall–Kier alpha value is -5.00. The van der Waals surface area contributed by atoms with Crippen LogP contribution in [-0.2, 0) is 12.5 Å². The number of unbranched alkanes of at least 4 members (excludes halogenated alkanes) is 2. The number of aryl methyl sites for hydroxylation is 1. The molecule has 0 fully saturated rings. The van der Waals surface area contributed by atoms with E-state index in [4.69, 9.17) is 0 Å². The predicted octanol–water partition coefficient (Wildman–Crippen LogP) is 11.1. The number of ether oxygens (including phenoxy) is 2. The molecular formula is C36H26F9NO2. The van der Waals surface area contributed by atoms with Crippen LogP contribution >= 0.6 is 0 Å². The van der Waals surface area contributed by atoms with Gasteiger partial charge in [-0.05, 0) is 78.1 Å². The predicted molar refractivity (Wildman–Crippen MR) is 161 cm³/mol. The molecule has 0 radical (unpaired) electrons. The molecule has 48 heavy (non-hydrogen) atoms. The van der Waals surface area contributed by atoms with Crippen molar-refractivity contribution in [3.63, 3.8) is 0 Å². The Labute approximate surface area is 269 Å². The van der Waals surface area contributed by atoms with E-state index in [0.29, 0.717) is 41.6 Å². The molecule has 0 bridgehead atoms. The van der Waals surface area contributed by atoms with Gasteiger partial charge >= 0.3 is 6.11 Å². The van der Waals surface area contributed by atoms with Crippen molar-refractivity contribution in [1.29, 1.82) is 0 Å². The Balaban J connectivity index is 1.35. The molecule has 0 saturated carbocycles. The van der Waals surface area contributed by atoms with Gasteiger partial charge in [-0.1, -0.05) is 38.0 Å². The van der Waals surface area contributed by atoms with Gasteiger partial charge in [0.2, 0.25) is 6.86 Å². The van der Waals surface area contributed by atoms with Crippen LogP contribution in [0.4, 0.5) is 39.5 Å². The molecule has 12 heteroatoms. The van der Waals surface area contributed by atoms with E-state index in [0.717, 1.165) is 49.4 Å². The lowest BCUT2D eigenvalue weighted by molar-refractivity contribution is -0.189. The zero-order valence-corrected chi connectivity index (χ0v) is 25.2. The molecule has 0 atom stereocenters. The van der Waals surface area contributed by atoms with E-state index in [1.807, 2.05) is 6.07 Å². The molecule has 250 valence electrons. The van der Waals surface area contributed by atoms with E-state index in [1.165, 1.54) is 12.1 Å². The van der Waals surface area contributed by atoms with Crippen molar-refractivity contribution < 1.29 is 49.0 Å². The van der Waals surface area contributed by atoms with Crippen LogP contribution in [0.3, 0.4) is 0 Å². The Bertz CT molecular complexity index is 1880. The van der Waals surface area contributed by atoms with Gasteiger partial charge in [0, 0.05) is 29.0 Å². The van der Waals surface area contributed by atoms with Gasteiger partial charge in [-0.25, -0.2) is 30.7 Å². The summed E-state index contributed by atoms with van der Waals surface area (Å²) in [6, 6.07) is 11.8. The molecule has 1 heterocycles. The monoisotopic (exact) mass is 675 g/mol. The normalized spacial score (nSPS) is 11.5. The van der Waals surface area contributed by atoms with E-state index in [2.05, 4.69) is 21.4 Å². The van der Waals surface area contributed by atoms with Crippen LogP contribution < -0.4 is 9.47 Å². The number of halogens is 9. The Morgan fingerprint density at radius 2 is 1.23 bits per heavy atom. The molecule has 0 saturated heterocycles. The number of aromatic nitrogens is 1.